The number of benzene rings is 2. The normalized spacial score (nSPS) is 14.5. The maximum atomic E-state index is 11.5. The van der Waals surface area contributed by atoms with Crippen LogP contribution in [0.2, 0.25) is 0 Å². The molecule has 1 fully saturated rings. The molecule has 6 nitrogen and oxygen atoms in total. The molecule has 1 saturated heterocycles. The number of nitrogens with zero attached hydrogens (tertiary/aromatic N) is 3. The number of rotatable bonds is 9. The number of piperazine rings is 1. The number of carbonyl (C=O) groups is 1. The fraction of sp³-hybridized carbons (Fsp3) is 0.333. The average Bonchev–Trinajstić information content (AvgIpc) is 3.38. The Balaban J connectivity index is 1.05. The molecule has 3 heterocycles. The third-order valence-electron chi connectivity index (χ3n) is 6.29. The van der Waals surface area contributed by atoms with Gasteiger partial charge >= 0.3 is 5.97 Å². The highest BCUT2D eigenvalue weighted by Crippen LogP contribution is 2.31. The molecule has 0 aliphatic carbocycles. The number of halogens is 1. The number of pyridine rings is 1. The van der Waals surface area contributed by atoms with Crippen LogP contribution >= 0.6 is 33.9 Å². The van der Waals surface area contributed by atoms with Crippen LogP contribution in [0.3, 0.4) is 0 Å². The zero-order chi connectivity index (χ0) is 24.0. The Bertz CT molecular complexity index is 1300. The van der Waals surface area contributed by atoms with Crippen molar-refractivity contribution in [3.05, 3.63) is 60.0 Å². The number of aromatic nitrogens is 1. The van der Waals surface area contributed by atoms with Gasteiger partial charge in [0.25, 0.3) is 0 Å². The second-order valence-corrected chi connectivity index (χ2v) is 10.3. The molecule has 8 heteroatoms. The number of alkyl halides is 1. The first-order valence-electron chi connectivity index (χ1n) is 11.9. The molecule has 1 aliphatic rings. The van der Waals surface area contributed by atoms with E-state index in [9.17, 15) is 4.79 Å². The molecule has 1 aliphatic heterocycles. The Kier molecular flexibility index (Phi) is 8.00. The highest BCUT2D eigenvalue weighted by atomic mass is 127. The van der Waals surface area contributed by atoms with Gasteiger partial charge in [-0.2, -0.15) is 0 Å². The summed E-state index contributed by atoms with van der Waals surface area (Å²) in [5.74, 6) is 0.813. The van der Waals surface area contributed by atoms with Crippen molar-refractivity contribution in [3.8, 4) is 11.6 Å². The van der Waals surface area contributed by atoms with E-state index in [0.29, 0.717) is 16.9 Å². The van der Waals surface area contributed by atoms with Crippen LogP contribution in [0.25, 0.3) is 21.0 Å². The number of carbonyl (C=O) groups excluding carboxylic acids is 1. The number of ether oxygens (including phenoxy) is 2. The van der Waals surface area contributed by atoms with Crippen LogP contribution in [0.4, 0.5) is 5.69 Å². The maximum absolute atomic E-state index is 11.5. The number of thiophene rings is 1. The van der Waals surface area contributed by atoms with Crippen LogP contribution in [-0.2, 0) is 4.79 Å². The smallest absolute Gasteiger partial charge is 0.322 e. The van der Waals surface area contributed by atoms with Crippen molar-refractivity contribution in [1.82, 2.24) is 9.88 Å². The van der Waals surface area contributed by atoms with Crippen molar-refractivity contribution in [1.29, 1.82) is 0 Å². The van der Waals surface area contributed by atoms with E-state index >= 15 is 0 Å². The number of esters is 1. The summed E-state index contributed by atoms with van der Waals surface area (Å²) in [4.78, 5) is 21.0. The minimum Gasteiger partial charge on any atom is -0.494 e. The molecule has 2 aromatic carbocycles. The molecule has 182 valence electrons. The van der Waals surface area contributed by atoms with Crippen molar-refractivity contribution in [2.24, 2.45) is 0 Å². The first kappa shape index (κ1) is 24.3. The van der Waals surface area contributed by atoms with Crippen LogP contribution in [0, 0.1) is 0 Å². The summed E-state index contributed by atoms with van der Waals surface area (Å²) in [6.07, 6.45) is 2.12. The average molecular weight is 602 g/mol. The second-order valence-electron chi connectivity index (χ2n) is 8.61. The van der Waals surface area contributed by atoms with Crippen LogP contribution in [0.15, 0.2) is 60.0 Å². The van der Waals surface area contributed by atoms with Crippen LogP contribution in [-0.4, -0.2) is 59.6 Å². The molecule has 5 rings (SSSR count). The third-order valence-corrected chi connectivity index (χ3v) is 7.79. The maximum Gasteiger partial charge on any atom is 0.322 e. The first-order chi connectivity index (χ1) is 17.2. The molecular weight excluding hydrogens is 573 g/mol. The van der Waals surface area contributed by atoms with E-state index in [-0.39, 0.29) is 5.97 Å². The van der Waals surface area contributed by atoms with E-state index in [1.807, 2.05) is 58.2 Å². The molecule has 0 bridgehead atoms. The molecule has 2 aromatic heterocycles. The second kappa shape index (κ2) is 11.5. The Labute approximate surface area is 223 Å². The Morgan fingerprint density at radius 1 is 1.03 bits per heavy atom. The summed E-state index contributed by atoms with van der Waals surface area (Å²) in [5.41, 5.74) is 2.13. The molecule has 0 atom stereocenters. The fourth-order valence-corrected chi connectivity index (χ4v) is 5.43. The number of anilines is 1. The highest BCUT2D eigenvalue weighted by Gasteiger charge is 2.18. The van der Waals surface area contributed by atoms with Gasteiger partial charge in [0.15, 0.2) is 0 Å². The monoisotopic (exact) mass is 601 g/mol. The van der Waals surface area contributed by atoms with Gasteiger partial charge in [-0.25, -0.2) is 4.98 Å². The van der Waals surface area contributed by atoms with Gasteiger partial charge in [-0.3, -0.25) is 9.69 Å². The molecule has 0 amide bonds. The van der Waals surface area contributed by atoms with Gasteiger partial charge in [-0.1, -0.05) is 28.7 Å². The number of fused-ring (bicyclic) bond motifs is 2. The summed E-state index contributed by atoms with van der Waals surface area (Å²) in [6.45, 7) is 6.12. The summed E-state index contributed by atoms with van der Waals surface area (Å²) in [6, 6.07) is 18.4. The Hall–Kier alpha value is -2.43. The molecular formula is C27H28IN3O3S. The van der Waals surface area contributed by atoms with Gasteiger partial charge in [0, 0.05) is 59.5 Å². The van der Waals surface area contributed by atoms with Crippen molar-refractivity contribution in [2.45, 2.75) is 12.8 Å². The highest BCUT2D eigenvalue weighted by molar-refractivity contribution is 14.1. The first-order valence-corrected chi connectivity index (χ1v) is 14.3. The van der Waals surface area contributed by atoms with Gasteiger partial charge < -0.3 is 14.4 Å². The molecule has 4 aromatic rings. The largest absolute Gasteiger partial charge is 0.494 e. The number of unbranched alkanes of at least 4 members (excludes halogenated alkanes) is 1. The lowest BCUT2D eigenvalue weighted by molar-refractivity contribution is -0.131. The predicted octanol–water partition coefficient (Wildman–Crippen LogP) is 5.77. The van der Waals surface area contributed by atoms with E-state index < -0.39 is 0 Å². The van der Waals surface area contributed by atoms with Crippen molar-refractivity contribution in [2.75, 3.05) is 48.7 Å². The lowest BCUT2D eigenvalue weighted by Crippen LogP contribution is -2.46. The van der Waals surface area contributed by atoms with Crippen molar-refractivity contribution < 1.29 is 14.3 Å². The molecule has 35 heavy (non-hydrogen) atoms. The van der Waals surface area contributed by atoms with Crippen molar-refractivity contribution in [3.63, 3.8) is 0 Å². The van der Waals surface area contributed by atoms with E-state index in [1.165, 1.54) is 15.8 Å². The lowest BCUT2D eigenvalue weighted by atomic mass is 10.2. The van der Waals surface area contributed by atoms with Crippen molar-refractivity contribution >= 4 is 66.6 Å². The zero-order valence-corrected chi connectivity index (χ0v) is 22.5. The summed E-state index contributed by atoms with van der Waals surface area (Å²) in [5, 5.41) is 4.55. The summed E-state index contributed by atoms with van der Waals surface area (Å²) < 4.78 is 12.9. The zero-order valence-electron chi connectivity index (χ0n) is 19.5. The molecule has 0 N–H and O–H groups in total. The lowest BCUT2D eigenvalue weighted by Gasteiger charge is -2.36. The summed E-state index contributed by atoms with van der Waals surface area (Å²) >= 11 is 3.79. The van der Waals surface area contributed by atoms with Gasteiger partial charge in [0.05, 0.1) is 16.6 Å². The number of hydrogen-bond donors (Lipinski definition) is 0. The van der Waals surface area contributed by atoms with E-state index in [4.69, 9.17) is 9.47 Å². The topological polar surface area (TPSA) is 54.9 Å². The van der Waals surface area contributed by atoms with Gasteiger partial charge in [-0.15, -0.1) is 11.3 Å². The SMILES string of the molecule is O=C(CI)Oc1ccc2ccc(OCCCCN3CCN(c4cccc5sccc45)CC3)cc2n1. The van der Waals surface area contributed by atoms with Gasteiger partial charge in [0.2, 0.25) is 5.88 Å². The van der Waals surface area contributed by atoms with E-state index in [1.54, 1.807) is 6.07 Å². The van der Waals surface area contributed by atoms with Crippen LogP contribution in [0.1, 0.15) is 12.8 Å². The summed E-state index contributed by atoms with van der Waals surface area (Å²) in [7, 11) is 0. The molecule has 0 spiro atoms. The third kappa shape index (κ3) is 6.05. The van der Waals surface area contributed by atoms with Gasteiger partial charge in [-0.05, 0) is 61.2 Å². The minimum absolute atomic E-state index is 0.294. The van der Waals surface area contributed by atoms with Crippen LogP contribution < -0.4 is 14.4 Å². The van der Waals surface area contributed by atoms with E-state index in [2.05, 4.69) is 44.4 Å². The molecule has 0 radical (unpaired) electrons. The predicted molar refractivity (Wildman–Crippen MR) is 151 cm³/mol. The molecule has 0 saturated carbocycles. The van der Waals surface area contributed by atoms with Gasteiger partial charge in [0.1, 0.15) is 5.75 Å². The fourth-order valence-electron chi connectivity index (χ4n) is 4.46. The van der Waals surface area contributed by atoms with E-state index in [0.717, 1.165) is 62.2 Å². The Morgan fingerprint density at radius 3 is 2.74 bits per heavy atom. The number of hydrogen-bond acceptors (Lipinski definition) is 7. The quantitative estimate of drug-likeness (QED) is 0.105. The van der Waals surface area contributed by atoms with Crippen LogP contribution in [0.5, 0.6) is 11.6 Å². The molecule has 0 unspecified atom stereocenters. The Morgan fingerprint density at radius 2 is 1.89 bits per heavy atom. The minimum atomic E-state index is -0.300. The standard InChI is InChI=1S/C27H28IN3O3S/c28-19-27(32)34-26-9-7-20-6-8-21(18-23(20)29-26)33-16-2-1-11-30-12-14-31(15-13-30)24-4-3-5-25-22(24)10-17-35-25/h3-10,17-18H,1-2,11-16,19H2.